The second-order valence-electron chi connectivity index (χ2n) is 5.33. The molecule has 2 rings (SSSR count). The predicted octanol–water partition coefficient (Wildman–Crippen LogP) is 3.74. The first kappa shape index (κ1) is 18.1. The van der Waals surface area contributed by atoms with E-state index in [0.29, 0.717) is 17.9 Å². The van der Waals surface area contributed by atoms with Crippen molar-refractivity contribution in [2.45, 2.75) is 20.3 Å². The van der Waals surface area contributed by atoms with Crippen molar-refractivity contribution in [3.63, 3.8) is 0 Å². The Morgan fingerprint density at radius 3 is 2.84 bits per heavy atom. The molecule has 7 heteroatoms. The van der Waals surface area contributed by atoms with Gasteiger partial charge in [0.15, 0.2) is 0 Å². The standard InChI is InChI=1S/C18H19N3O4/c1-3-10-25-16-7-5-4-6-14(16)8-9-17(22)20-18-13(2)11-15(12-19-18)21(23)24/h4-9,11-12H,3,10H2,1-2H3,(H,19,20,22)/b9-8+. The average Bonchev–Trinajstić information content (AvgIpc) is 2.60. The number of nitrogens with zero attached hydrogens (tertiary/aromatic N) is 2. The van der Waals surface area contributed by atoms with Gasteiger partial charge in [-0.05, 0) is 31.1 Å². The fraction of sp³-hybridized carbons (Fsp3) is 0.222. The maximum atomic E-state index is 12.1. The van der Waals surface area contributed by atoms with Gasteiger partial charge in [0.05, 0.1) is 11.5 Å². The van der Waals surface area contributed by atoms with E-state index in [1.54, 1.807) is 13.0 Å². The number of nitro groups is 1. The second-order valence-corrected chi connectivity index (χ2v) is 5.33. The molecule has 130 valence electrons. The zero-order valence-electron chi connectivity index (χ0n) is 14.1. The van der Waals surface area contributed by atoms with E-state index >= 15 is 0 Å². The third kappa shape index (κ3) is 5.13. The number of carbonyl (C=O) groups excluding carboxylic acids is 1. The number of carbonyl (C=O) groups is 1. The molecule has 2 aromatic rings. The van der Waals surface area contributed by atoms with Crippen LogP contribution in [0.5, 0.6) is 5.75 Å². The molecule has 0 aliphatic heterocycles. The summed E-state index contributed by atoms with van der Waals surface area (Å²) in [5.74, 6) is 0.614. The number of para-hydroxylation sites is 1. The van der Waals surface area contributed by atoms with Crippen molar-refractivity contribution in [2.75, 3.05) is 11.9 Å². The zero-order valence-corrected chi connectivity index (χ0v) is 14.1. The quantitative estimate of drug-likeness (QED) is 0.470. The highest BCUT2D eigenvalue weighted by atomic mass is 16.6. The maximum Gasteiger partial charge on any atom is 0.287 e. The highest BCUT2D eigenvalue weighted by Crippen LogP contribution is 2.20. The number of rotatable bonds is 7. The van der Waals surface area contributed by atoms with Gasteiger partial charge in [-0.15, -0.1) is 0 Å². The van der Waals surface area contributed by atoms with Gasteiger partial charge in [0.25, 0.3) is 5.69 Å². The summed E-state index contributed by atoms with van der Waals surface area (Å²) in [7, 11) is 0. The monoisotopic (exact) mass is 341 g/mol. The Hall–Kier alpha value is -3.22. The van der Waals surface area contributed by atoms with Gasteiger partial charge < -0.3 is 10.1 Å². The van der Waals surface area contributed by atoms with Crippen LogP contribution in [0.15, 0.2) is 42.6 Å². The van der Waals surface area contributed by atoms with E-state index in [-0.39, 0.29) is 17.4 Å². The highest BCUT2D eigenvalue weighted by Gasteiger charge is 2.10. The molecule has 0 saturated carbocycles. The number of anilines is 1. The summed E-state index contributed by atoms with van der Waals surface area (Å²) in [6, 6.07) is 8.78. The van der Waals surface area contributed by atoms with Crippen LogP contribution in [-0.4, -0.2) is 22.4 Å². The minimum atomic E-state index is -0.529. The van der Waals surface area contributed by atoms with Crippen molar-refractivity contribution < 1.29 is 14.5 Å². The van der Waals surface area contributed by atoms with Gasteiger partial charge >= 0.3 is 0 Å². The smallest absolute Gasteiger partial charge is 0.287 e. The van der Waals surface area contributed by atoms with Crippen molar-refractivity contribution in [3.05, 3.63) is 63.8 Å². The van der Waals surface area contributed by atoms with Gasteiger partial charge in [-0.25, -0.2) is 4.98 Å². The molecule has 0 spiro atoms. The first-order valence-electron chi connectivity index (χ1n) is 7.83. The van der Waals surface area contributed by atoms with Gasteiger partial charge in [-0.2, -0.15) is 0 Å². The van der Waals surface area contributed by atoms with Crippen LogP contribution in [0.4, 0.5) is 11.5 Å². The number of benzene rings is 1. The third-order valence-corrected chi connectivity index (χ3v) is 3.31. The predicted molar refractivity (Wildman–Crippen MR) is 95.5 cm³/mol. The Morgan fingerprint density at radius 2 is 2.16 bits per heavy atom. The van der Waals surface area contributed by atoms with E-state index in [4.69, 9.17) is 4.74 Å². The van der Waals surface area contributed by atoms with Crippen LogP contribution in [0.2, 0.25) is 0 Å². The van der Waals surface area contributed by atoms with Crippen LogP contribution in [0, 0.1) is 17.0 Å². The average molecular weight is 341 g/mol. The first-order chi connectivity index (χ1) is 12.0. The normalized spacial score (nSPS) is 10.6. The lowest BCUT2D eigenvalue weighted by atomic mass is 10.2. The molecule has 1 N–H and O–H groups in total. The van der Waals surface area contributed by atoms with Crippen molar-refractivity contribution in [1.29, 1.82) is 0 Å². The third-order valence-electron chi connectivity index (χ3n) is 3.31. The molecule has 0 aliphatic rings. The van der Waals surface area contributed by atoms with Crippen LogP contribution in [0.1, 0.15) is 24.5 Å². The van der Waals surface area contributed by atoms with Crippen molar-refractivity contribution >= 4 is 23.5 Å². The van der Waals surface area contributed by atoms with Gasteiger partial charge in [0.2, 0.25) is 5.91 Å². The Kier molecular flexibility index (Phi) is 6.22. The van der Waals surface area contributed by atoms with E-state index in [0.717, 1.165) is 18.2 Å². The molecule has 0 radical (unpaired) electrons. The Bertz CT molecular complexity index is 803. The SMILES string of the molecule is CCCOc1ccccc1/C=C/C(=O)Nc1ncc([N+](=O)[O-])cc1C. The second kappa shape index (κ2) is 8.58. The fourth-order valence-electron chi connectivity index (χ4n) is 2.08. The molecule has 0 bridgehead atoms. The molecule has 1 amide bonds. The lowest BCUT2D eigenvalue weighted by Gasteiger charge is -2.08. The van der Waals surface area contributed by atoms with Gasteiger partial charge in [-0.1, -0.05) is 25.1 Å². The summed E-state index contributed by atoms with van der Waals surface area (Å²) in [5, 5.41) is 13.3. The molecule has 25 heavy (non-hydrogen) atoms. The van der Waals surface area contributed by atoms with Crippen LogP contribution < -0.4 is 10.1 Å². The summed E-state index contributed by atoms with van der Waals surface area (Å²) < 4.78 is 5.63. The Morgan fingerprint density at radius 1 is 1.40 bits per heavy atom. The molecule has 0 saturated heterocycles. The molecule has 0 unspecified atom stereocenters. The zero-order chi connectivity index (χ0) is 18.2. The van der Waals surface area contributed by atoms with E-state index < -0.39 is 4.92 Å². The summed E-state index contributed by atoms with van der Waals surface area (Å²) >= 11 is 0. The van der Waals surface area contributed by atoms with E-state index in [1.807, 2.05) is 31.2 Å². The summed E-state index contributed by atoms with van der Waals surface area (Å²) in [6.07, 6.45) is 5.03. The lowest BCUT2D eigenvalue weighted by Crippen LogP contribution is -2.10. The lowest BCUT2D eigenvalue weighted by molar-refractivity contribution is -0.385. The molecular formula is C18H19N3O4. The number of pyridine rings is 1. The number of amides is 1. The number of nitrogens with one attached hydrogen (secondary N) is 1. The molecule has 0 fully saturated rings. The molecule has 0 atom stereocenters. The number of ether oxygens (including phenoxy) is 1. The summed E-state index contributed by atoms with van der Waals surface area (Å²) in [6.45, 7) is 4.27. The molecule has 1 aromatic heterocycles. The number of hydrogen-bond donors (Lipinski definition) is 1. The van der Waals surface area contributed by atoms with Crippen molar-refractivity contribution in [2.24, 2.45) is 0 Å². The van der Waals surface area contributed by atoms with E-state index in [1.165, 1.54) is 12.1 Å². The van der Waals surface area contributed by atoms with E-state index in [9.17, 15) is 14.9 Å². The molecule has 0 aliphatic carbocycles. The Balaban J connectivity index is 2.08. The van der Waals surface area contributed by atoms with Crippen molar-refractivity contribution in [1.82, 2.24) is 4.98 Å². The van der Waals surface area contributed by atoms with Crippen LogP contribution >= 0.6 is 0 Å². The summed E-state index contributed by atoms with van der Waals surface area (Å²) in [4.78, 5) is 26.2. The van der Waals surface area contributed by atoms with E-state index in [2.05, 4.69) is 10.3 Å². The minimum Gasteiger partial charge on any atom is -0.493 e. The fourth-order valence-corrected chi connectivity index (χ4v) is 2.08. The van der Waals surface area contributed by atoms with Crippen LogP contribution in [0.25, 0.3) is 6.08 Å². The van der Waals surface area contributed by atoms with Gasteiger partial charge in [0.1, 0.15) is 17.8 Å². The molecule has 1 heterocycles. The topological polar surface area (TPSA) is 94.4 Å². The molecule has 1 aromatic carbocycles. The Labute approximate surface area is 145 Å². The van der Waals surface area contributed by atoms with Crippen LogP contribution in [0.3, 0.4) is 0 Å². The minimum absolute atomic E-state index is 0.118. The van der Waals surface area contributed by atoms with Gasteiger partial charge in [-0.3, -0.25) is 14.9 Å². The number of aryl methyl sites for hydroxylation is 1. The highest BCUT2D eigenvalue weighted by molar-refractivity contribution is 6.01. The largest absolute Gasteiger partial charge is 0.493 e. The number of aromatic nitrogens is 1. The molecular weight excluding hydrogens is 322 g/mol. The number of hydrogen-bond acceptors (Lipinski definition) is 5. The van der Waals surface area contributed by atoms with Crippen molar-refractivity contribution in [3.8, 4) is 5.75 Å². The van der Waals surface area contributed by atoms with Gasteiger partial charge in [0, 0.05) is 17.7 Å². The first-order valence-corrected chi connectivity index (χ1v) is 7.83. The van der Waals surface area contributed by atoms with Crippen LogP contribution in [-0.2, 0) is 4.79 Å². The molecule has 7 nitrogen and oxygen atoms in total. The maximum absolute atomic E-state index is 12.1. The summed E-state index contributed by atoms with van der Waals surface area (Å²) in [5.41, 5.74) is 1.19.